The van der Waals surface area contributed by atoms with E-state index in [1.165, 1.54) is 29.2 Å². The van der Waals surface area contributed by atoms with Crippen LogP contribution < -0.4 is 0 Å². The van der Waals surface area contributed by atoms with Crippen molar-refractivity contribution < 1.29 is 4.79 Å². The Bertz CT molecular complexity index is 726. The van der Waals surface area contributed by atoms with E-state index in [9.17, 15) is 4.79 Å². The summed E-state index contributed by atoms with van der Waals surface area (Å²) in [6.07, 6.45) is 2.34. The second kappa shape index (κ2) is 7.54. The van der Waals surface area contributed by atoms with Gasteiger partial charge in [0.1, 0.15) is 0 Å². The molecule has 0 saturated carbocycles. The Morgan fingerprint density at radius 1 is 0.800 bits per heavy atom. The summed E-state index contributed by atoms with van der Waals surface area (Å²) in [4.78, 5) is 19.2. The molecular weight excluding hydrogens is 310 g/mol. The molecule has 2 saturated heterocycles. The summed E-state index contributed by atoms with van der Waals surface area (Å²) in [7, 11) is 0. The number of carbonyl (C=O) groups excluding carboxylic acids is 1. The van der Waals surface area contributed by atoms with Crippen LogP contribution in [0.5, 0.6) is 0 Å². The highest BCUT2D eigenvalue weighted by Gasteiger charge is 2.23. The fourth-order valence-corrected chi connectivity index (χ4v) is 4.03. The van der Waals surface area contributed by atoms with Gasteiger partial charge in [0.15, 0.2) is 0 Å². The van der Waals surface area contributed by atoms with Gasteiger partial charge in [0.2, 0.25) is 5.91 Å². The molecule has 2 aromatic rings. The molecule has 0 N–H and O–H groups in total. The number of nitrogens with zero attached hydrogens (tertiary/aromatic N) is 3. The van der Waals surface area contributed by atoms with Crippen LogP contribution in [0.15, 0.2) is 42.5 Å². The highest BCUT2D eigenvalue weighted by atomic mass is 16.2. The van der Waals surface area contributed by atoms with Crippen LogP contribution in [-0.4, -0.2) is 66.4 Å². The SMILES string of the molecule is O=C(CN1CCN(Cc2cccc3ccccc23)CC1)N1CCCC1. The summed E-state index contributed by atoms with van der Waals surface area (Å²) in [5, 5.41) is 2.67. The van der Waals surface area contributed by atoms with Crippen molar-refractivity contribution in [3.8, 4) is 0 Å². The monoisotopic (exact) mass is 337 g/mol. The average molecular weight is 337 g/mol. The zero-order valence-corrected chi connectivity index (χ0v) is 14.9. The topological polar surface area (TPSA) is 26.8 Å². The Labute approximate surface area is 150 Å². The Kier molecular flexibility index (Phi) is 4.99. The minimum absolute atomic E-state index is 0.319. The normalized spacial score (nSPS) is 19.6. The second-order valence-electron chi connectivity index (χ2n) is 7.28. The van der Waals surface area contributed by atoms with E-state index in [1.807, 2.05) is 4.90 Å². The molecule has 0 radical (unpaired) electrons. The molecule has 0 unspecified atom stereocenters. The third-order valence-corrected chi connectivity index (χ3v) is 5.56. The van der Waals surface area contributed by atoms with Gasteiger partial charge in [-0.15, -0.1) is 0 Å². The van der Waals surface area contributed by atoms with Gasteiger partial charge in [0.05, 0.1) is 6.54 Å². The molecule has 1 amide bonds. The maximum Gasteiger partial charge on any atom is 0.236 e. The maximum atomic E-state index is 12.3. The lowest BCUT2D eigenvalue weighted by atomic mass is 10.0. The molecule has 0 bridgehead atoms. The van der Waals surface area contributed by atoms with Gasteiger partial charge in [0.25, 0.3) is 0 Å². The number of carbonyl (C=O) groups is 1. The van der Waals surface area contributed by atoms with Crippen LogP contribution in [0.1, 0.15) is 18.4 Å². The molecule has 4 rings (SSSR count). The van der Waals surface area contributed by atoms with Gasteiger partial charge in [-0.1, -0.05) is 42.5 Å². The summed E-state index contributed by atoms with van der Waals surface area (Å²) in [5.74, 6) is 0.319. The quantitative estimate of drug-likeness (QED) is 0.858. The molecule has 2 heterocycles. The first-order valence-corrected chi connectivity index (χ1v) is 9.49. The number of fused-ring (bicyclic) bond motifs is 1. The van der Waals surface area contributed by atoms with E-state index in [0.29, 0.717) is 12.5 Å². The second-order valence-corrected chi connectivity index (χ2v) is 7.28. The summed E-state index contributed by atoms with van der Waals surface area (Å²) < 4.78 is 0. The van der Waals surface area contributed by atoms with Crippen molar-refractivity contribution in [1.82, 2.24) is 14.7 Å². The first-order chi connectivity index (χ1) is 12.3. The predicted molar refractivity (Wildman–Crippen MR) is 101 cm³/mol. The van der Waals surface area contributed by atoms with Crippen molar-refractivity contribution in [2.75, 3.05) is 45.8 Å². The van der Waals surface area contributed by atoms with E-state index in [4.69, 9.17) is 0 Å². The maximum absolute atomic E-state index is 12.3. The Morgan fingerprint density at radius 3 is 2.28 bits per heavy atom. The molecule has 132 valence electrons. The van der Waals surface area contributed by atoms with Gasteiger partial charge in [-0.2, -0.15) is 0 Å². The molecule has 25 heavy (non-hydrogen) atoms. The van der Waals surface area contributed by atoms with Crippen molar-refractivity contribution in [2.24, 2.45) is 0 Å². The number of benzene rings is 2. The fraction of sp³-hybridized carbons (Fsp3) is 0.476. The molecule has 4 heteroatoms. The number of rotatable bonds is 4. The van der Waals surface area contributed by atoms with E-state index in [1.54, 1.807) is 0 Å². The third-order valence-electron chi connectivity index (χ3n) is 5.56. The van der Waals surface area contributed by atoms with Crippen molar-refractivity contribution >= 4 is 16.7 Å². The Hall–Kier alpha value is -1.91. The molecule has 2 fully saturated rings. The van der Waals surface area contributed by atoms with Gasteiger partial charge in [0, 0.05) is 45.8 Å². The molecule has 2 aliphatic heterocycles. The number of likely N-dealkylation sites (tertiary alicyclic amines) is 1. The number of piperazine rings is 1. The minimum Gasteiger partial charge on any atom is -0.342 e. The largest absolute Gasteiger partial charge is 0.342 e. The van der Waals surface area contributed by atoms with E-state index < -0.39 is 0 Å². The molecular formula is C21H27N3O. The molecule has 0 aromatic heterocycles. The Morgan fingerprint density at radius 2 is 1.48 bits per heavy atom. The first-order valence-electron chi connectivity index (χ1n) is 9.49. The molecule has 4 nitrogen and oxygen atoms in total. The summed E-state index contributed by atoms with van der Waals surface area (Å²) in [5.41, 5.74) is 1.40. The summed E-state index contributed by atoms with van der Waals surface area (Å²) in [6.45, 7) is 7.57. The van der Waals surface area contributed by atoms with E-state index in [2.05, 4.69) is 52.3 Å². The summed E-state index contributed by atoms with van der Waals surface area (Å²) >= 11 is 0. The highest BCUT2D eigenvalue weighted by molar-refractivity contribution is 5.85. The van der Waals surface area contributed by atoms with Gasteiger partial charge in [-0.3, -0.25) is 14.6 Å². The van der Waals surface area contributed by atoms with Crippen LogP contribution in [0.4, 0.5) is 0 Å². The number of hydrogen-bond donors (Lipinski definition) is 0. The van der Waals surface area contributed by atoms with Crippen LogP contribution in [0.3, 0.4) is 0 Å². The van der Waals surface area contributed by atoms with E-state index in [-0.39, 0.29) is 0 Å². The third kappa shape index (κ3) is 3.86. The molecule has 0 aliphatic carbocycles. The van der Waals surface area contributed by atoms with Crippen molar-refractivity contribution in [3.63, 3.8) is 0 Å². The fourth-order valence-electron chi connectivity index (χ4n) is 4.03. The lowest BCUT2D eigenvalue weighted by molar-refractivity contribution is -0.131. The van der Waals surface area contributed by atoms with Crippen molar-refractivity contribution in [1.29, 1.82) is 0 Å². The lowest BCUT2D eigenvalue weighted by Gasteiger charge is -2.35. The standard InChI is InChI=1S/C21H27N3O/c25-21(24-10-3-4-11-24)17-23-14-12-22(13-15-23)16-19-8-5-7-18-6-1-2-9-20(18)19/h1-2,5-9H,3-4,10-17H2. The van der Waals surface area contributed by atoms with Crippen LogP contribution in [0.25, 0.3) is 10.8 Å². The highest BCUT2D eigenvalue weighted by Crippen LogP contribution is 2.20. The first kappa shape index (κ1) is 16.6. The molecule has 2 aromatic carbocycles. The molecule has 0 atom stereocenters. The van der Waals surface area contributed by atoms with Crippen LogP contribution in [0.2, 0.25) is 0 Å². The van der Waals surface area contributed by atoms with Gasteiger partial charge >= 0.3 is 0 Å². The Balaban J connectivity index is 1.32. The average Bonchev–Trinajstić information content (AvgIpc) is 3.19. The number of amides is 1. The smallest absolute Gasteiger partial charge is 0.236 e. The van der Waals surface area contributed by atoms with Crippen molar-refractivity contribution in [2.45, 2.75) is 19.4 Å². The minimum atomic E-state index is 0.319. The van der Waals surface area contributed by atoms with Gasteiger partial charge in [-0.05, 0) is 29.2 Å². The molecule has 2 aliphatic rings. The van der Waals surface area contributed by atoms with Crippen LogP contribution in [0, 0.1) is 0 Å². The zero-order valence-electron chi connectivity index (χ0n) is 14.9. The van der Waals surface area contributed by atoms with Gasteiger partial charge < -0.3 is 4.90 Å². The van der Waals surface area contributed by atoms with Crippen molar-refractivity contribution in [3.05, 3.63) is 48.0 Å². The predicted octanol–water partition coefficient (Wildman–Crippen LogP) is 2.58. The summed E-state index contributed by atoms with van der Waals surface area (Å²) in [6, 6.07) is 15.2. The van der Waals surface area contributed by atoms with Gasteiger partial charge in [-0.25, -0.2) is 0 Å². The van der Waals surface area contributed by atoms with Crippen LogP contribution in [-0.2, 0) is 11.3 Å². The van der Waals surface area contributed by atoms with Crippen LogP contribution >= 0.6 is 0 Å². The lowest BCUT2D eigenvalue weighted by Crippen LogP contribution is -2.49. The number of hydrogen-bond acceptors (Lipinski definition) is 3. The molecule has 0 spiro atoms. The van der Waals surface area contributed by atoms with E-state index in [0.717, 1.165) is 45.8 Å². The zero-order chi connectivity index (χ0) is 17.1. The van der Waals surface area contributed by atoms with E-state index >= 15 is 0 Å².